The number of carbonyl (C=O) groups excluding carboxylic acids is 2. The van der Waals surface area contributed by atoms with Crippen molar-refractivity contribution in [1.82, 2.24) is 10.1 Å². The summed E-state index contributed by atoms with van der Waals surface area (Å²) in [6, 6.07) is 12.6. The van der Waals surface area contributed by atoms with Crippen molar-refractivity contribution < 1.29 is 23.6 Å². The number of ether oxygens (including phenoxy) is 2. The molecule has 7 rings (SSSR count). The minimum atomic E-state index is -0.595. The zero-order valence-corrected chi connectivity index (χ0v) is 23.0. The van der Waals surface area contributed by atoms with E-state index in [4.69, 9.17) is 37.2 Å². The van der Waals surface area contributed by atoms with E-state index in [1.54, 1.807) is 35.4 Å². The summed E-state index contributed by atoms with van der Waals surface area (Å²) in [6.07, 6.45) is 6.55. The van der Waals surface area contributed by atoms with Gasteiger partial charge in [0.2, 0.25) is 5.91 Å². The van der Waals surface area contributed by atoms with Crippen LogP contribution >= 0.6 is 23.2 Å². The fourth-order valence-electron chi connectivity index (χ4n) is 5.47. The van der Waals surface area contributed by atoms with Gasteiger partial charge in [0.25, 0.3) is 0 Å². The van der Waals surface area contributed by atoms with Crippen LogP contribution in [-0.2, 0) is 21.6 Å². The molecule has 0 N–H and O–H groups in total. The summed E-state index contributed by atoms with van der Waals surface area (Å²) in [7, 11) is 1.31. The van der Waals surface area contributed by atoms with E-state index in [0.717, 1.165) is 48.3 Å². The lowest BCUT2D eigenvalue weighted by Crippen LogP contribution is -2.28. The van der Waals surface area contributed by atoms with E-state index in [0.29, 0.717) is 38.7 Å². The number of nitrogens with zero attached hydrogens (tertiary/aromatic N) is 3. The summed E-state index contributed by atoms with van der Waals surface area (Å²) in [6.45, 7) is 0.209. The molecule has 0 radical (unpaired) electrons. The van der Waals surface area contributed by atoms with Crippen molar-refractivity contribution in [3.63, 3.8) is 0 Å². The van der Waals surface area contributed by atoms with E-state index in [9.17, 15) is 9.59 Å². The fourth-order valence-corrected chi connectivity index (χ4v) is 6.05. The van der Waals surface area contributed by atoms with Crippen LogP contribution in [0.4, 0.5) is 11.4 Å². The second-order valence-corrected chi connectivity index (χ2v) is 11.2. The number of hydrogen-bond acceptors (Lipinski definition) is 7. The summed E-state index contributed by atoms with van der Waals surface area (Å²) in [5.41, 5.74) is 3.88. The van der Waals surface area contributed by atoms with Gasteiger partial charge >= 0.3 is 5.97 Å². The molecule has 2 fully saturated rings. The number of amides is 1. The molecular formula is C30H23Cl2N3O5. The number of carbonyl (C=O) groups is 2. The zero-order valence-electron chi connectivity index (χ0n) is 21.4. The molecule has 2 aromatic heterocycles. The molecule has 3 aliphatic rings. The van der Waals surface area contributed by atoms with Crippen molar-refractivity contribution in [3.8, 4) is 17.0 Å². The van der Waals surface area contributed by atoms with Gasteiger partial charge in [-0.2, -0.15) is 0 Å². The Morgan fingerprint density at radius 3 is 2.60 bits per heavy atom. The van der Waals surface area contributed by atoms with Gasteiger partial charge in [0.05, 0.1) is 51.3 Å². The third-order valence-corrected chi connectivity index (χ3v) is 8.47. The number of esters is 1. The maximum atomic E-state index is 13.6. The van der Waals surface area contributed by atoms with Crippen molar-refractivity contribution in [2.45, 2.75) is 43.6 Å². The maximum absolute atomic E-state index is 13.6. The third-order valence-electron chi connectivity index (χ3n) is 7.84. The van der Waals surface area contributed by atoms with Gasteiger partial charge in [-0.15, -0.1) is 0 Å². The quantitative estimate of drug-likeness (QED) is 0.219. The number of benzene rings is 2. The summed E-state index contributed by atoms with van der Waals surface area (Å²) in [5, 5.41) is 5.31. The fraction of sp³-hybridized carbons (Fsp3) is 0.267. The van der Waals surface area contributed by atoms with Crippen LogP contribution in [0.15, 0.2) is 59.4 Å². The zero-order chi connectivity index (χ0) is 27.6. The van der Waals surface area contributed by atoms with Crippen LogP contribution in [0.5, 0.6) is 5.75 Å². The number of methoxy groups -OCH3 is 1. The lowest BCUT2D eigenvalue weighted by molar-refractivity contribution is -0.119. The first-order valence-corrected chi connectivity index (χ1v) is 13.7. The van der Waals surface area contributed by atoms with E-state index >= 15 is 0 Å². The van der Waals surface area contributed by atoms with Gasteiger partial charge in [-0.05, 0) is 67.6 Å². The van der Waals surface area contributed by atoms with Gasteiger partial charge in [0.15, 0.2) is 0 Å². The van der Waals surface area contributed by atoms with Gasteiger partial charge in [-0.1, -0.05) is 34.4 Å². The average Bonchev–Trinajstić information content (AvgIpc) is 3.89. The molecule has 2 saturated carbocycles. The number of aromatic nitrogens is 2. The van der Waals surface area contributed by atoms with Crippen molar-refractivity contribution in [2.75, 3.05) is 12.0 Å². The number of rotatable bonds is 7. The molecule has 202 valence electrons. The van der Waals surface area contributed by atoms with Crippen molar-refractivity contribution in [3.05, 3.63) is 87.4 Å². The standard InChI is InChI=1S/C30H23Cl2N3O5/c1-38-28(36)17-11-18(14-33-13-17)35-24-8-7-19(12-21(24)30(9-10-30)29(35)37)39-15-20-26(34-40-27(20)16-5-6-16)25-22(31)3-2-4-23(25)32/h2-4,7-8,11-14,16H,5-6,9-10,15H2,1H3. The van der Waals surface area contributed by atoms with Crippen molar-refractivity contribution in [2.24, 2.45) is 0 Å². The van der Waals surface area contributed by atoms with Gasteiger partial charge in [0, 0.05) is 17.7 Å². The first-order valence-electron chi connectivity index (χ1n) is 13.0. The van der Waals surface area contributed by atoms with Crippen LogP contribution < -0.4 is 9.64 Å². The van der Waals surface area contributed by atoms with Crippen molar-refractivity contribution >= 4 is 46.5 Å². The van der Waals surface area contributed by atoms with Crippen LogP contribution in [0.3, 0.4) is 0 Å². The number of halogens is 2. The van der Waals surface area contributed by atoms with Gasteiger partial charge in [-0.3, -0.25) is 14.7 Å². The monoisotopic (exact) mass is 575 g/mol. The van der Waals surface area contributed by atoms with E-state index < -0.39 is 11.4 Å². The van der Waals surface area contributed by atoms with E-state index in [-0.39, 0.29) is 18.1 Å². The number of fused-ring (bicyclic) bond motifs is 2. The Bertz CT molecular complexity index is 1670. The Labute approximate surface area is 239 Å². The lowest BCUT2D eigenvalue weighted by Gasteiger charge is -2.18. The Hall–Kier alpha value is -3.88. The van der Waals surface area contributed by atoms with Crippen LogP contribution in [0, 0.1) is 0 Å². The Balaban J connectivity index is 1.21. The van der Waals surface area contributed by atoms with Gasteiger partial charge in [0.1, 0.15) is 23.8 Å². The second-order valence-electron chi connectivity index (χ2n) is 10.4. The van der Waals surface area contributed by atoms with Crippen LogP contribution in [0.25, 0.3) is 11.3 Å². The average molecular weight is 576 g/mol. The third kappa shape index (κ3) is 3.97. The highest BCUT2D eigenvalue weighted by atomic mass is 35.5. The van der Waals surface area contributed by atoms with Gasteiger partial charge in [-0.25, -0.2) is 4.79 Å². The molecule has 0 bridgehead atoms. The highest BCUT2D eigenvalue weighted by Gasteiger charge is 2.59. The largest absolute Gasteiger partial charge is 0.489 e. The Morgan fingerprint density at radius 2 is 1.90 bits per heavy atom. The Kier molecular flexibility index (Phi) is 5.87. The molecule has 40 heavy (non-hydrogen) atoms. The number of anilines is 2. The van der Waals surface area contributed by atoms with Crippen LogP contribution in [0.1, 0.15) is 58.8 Å². The molecule has 10 heteroatoms. The smallest absolute Gasteiger partial charge is 0.339 e. The summed E-state index contributed by atoms with van der Waals surface area (Å²) in [5.74, 6) is 1.18. The van der Waals surface area contributed by atoms with E-state index in [2.05, 4.69) is 10.1 Å². The molecule has 0 saturated heterocycles. The summed E-state index contributed by atoms with van der Waals surface area (Å²) >= 11 is 13.0. The molecule has 3 heterocycles. The molecule has 2 aliphatic carbocycles. The molecule has 8 nitrogen and oxygen atoms in total. The van der Waals surface area contributed by atoms with Crippen LogP contribution in [0.2, 0.25) is 10.0 Å². The molecule has 4 aromatic rings. The minimum absolute atomic E-state index is 0.0332. The van der Waals surface area contributed by atoms with Gasteiger partial charge < -0.3 is 14.0 Å². The molecule has 2 aromatic carbocycles. The highest BCUT2D eigenvalue weighted by molar-refractivity contribution is 6.39. The summed E-state index contributed by atoms with van der Waals surface area (Å²) in [4.78, 5) is 31.5. The molecule has 0 atom stereocenters. The predicted octanol–water partition coefficient (Wildman–Crippen LogP) is 7.00. The topological polar surface area (TPSA) is 94.8 Å². The first-order chi connectivity index (χ1) is 19.4. The number of hydrogen-bond donors (Lipinski definition) is 0. The summed E-state index contributed by atoms with van der Waals surface area (Å²) < 4.78 is 16.9. The molecule has 1 spiro atoms. The van der Waals surface area contributed by atoms with E-state index in [1.807, 2.05) is 18.2 Å². The van der Waals surface area contributed by atoms with E-state index in [1.165, 1.54) is 13.3 Å². The number of pyridine rings is 1. The minimum Gasteiger partial charge on any atom is -0.489 e. The molecular weight excluding hydrogens is 553 g/mol. The molecule has 1 aliphatic heterocycles. The Morgan fingerprint density at radius 1 is 1.12 bits per heavy atom. The normalized spacial score (nSPS) is 16.8. The second kappa shape index (κ2) is 9.35. The lowest BCUT2D eigenvalue weighted by atomic mass is 9.98. The predicted molar refractivity (Wildman–Crippen MR) is 148 cm³/mol. The first kappa shape index (κ1) is 25.1. The maximum Gasteiger partial charge on any atom is 0.339 e. The SMILES string of the molecule is COC(=O)c1cncc(N2C(=O)C3(CC3)c3cc(OCc4c(-c5c(Cl)cccc5Cl)noc4C4CC4)ccc32)c1. The highest BCUT2D eigenvalue weighted by Crippen LogP contribution is 2.59. The van der Waals surface area contributed by atoms with Crippen LogP contribution in [-0.4, -0.2) is 29.1 Å². The molecule has 1 amide bonds. The molecule has 0 unspecified atom stereocenters. The van der Waals surface area contributed by atoms with Crippen molar-refractivity contribution in [1.29, 1.82) is 0 Å².